The number of para-hydroxylation sites is 1. The Morgan fingerprint density at radius 3 is 2.56 bits per heavy atom. The summed E-state index contributed by atoms with van der Waals surface area (Å²) in [5.74, 6) is 1.10. The fraction of sp³-hybridized carbons (Fsp3) is 0.381. The molecule has 0 radical (unpaired) electrons. The third-order valence-electron chi connectivity index (χ3n) is 5.05. The van der Waals surface area contributed by atoms with Crippen molar-refractivity contribution in [2.45, 2.75) is 9.79 Å². The molecule has 4 rings (SSSR count). The van der Waals surface area contributed by atoms with E-state index in [2.05, 4.69) is 53.4 Å². The third-order valence-corrected chi connectivity index (χ3v) is 6.19. The summed E-state index contributed by atoms with van der Waals surface area (Å²) in [6, 6.07) is 17.0. The van der Waals surface area contributed by atoms with Crippen LogP contribution in [0.15, 0.2) is 63.3 Å². The van der Waals surface area contributed by atoms with Crippen molar-refractivity contribution in [1.82, 2.24) is 4.90 Å². The van der Waals surface area contributed by atoms with Crippen LogP contribution >= 0.6 is 11.8 Å². The zero-order valence-electron chi connectivity index (χ0n) is 15.4. The van der Waals surface area contributed by atoms with Crippen molar-refractivity contribution < 1.29 is 14.7 Å². The number of nitrogens with zero attached hydrogens (tertiary/aromatic N) is 2. The molecule has 2 aliphatic rings. The molecule has 2 aromatic carbocycles. The Hall–Kier alpha value is -1.86. The normalized spacial score (nSPS) is 17.1. The SMILES string of the molecule is OCCOCC[NH+]1CCN(C2=Nc3ccccc3Sc3ccccc32)CC1. The molecule has 2 N–H and O–H groups in total. The predicted molar refractivity (Wildman–Crippen MR) is 108 cm³/mol. The maximum absolute atomic E-state index is 8.80. The van der Waals surface area contributed by atoms with Gasteiger partial charge in [-0.15, -0.1) is 0 Å². The van der Waals surface area contributed by atoms with Gasteiger partial charge in [0.2, 0.25) is 0 Å². The van der Waals surface area contributed by atoms with Crippen LogP contribution < -0.4 is 4.90 Å². The molecule has 0 spiro atoms. The van der Waals surface area contributed by atoms with Crippen molar-refractivity contribution in [2.75, 3.05) is 52.5 Å². The molecule has 142 valence electrons. The molecule has 0 atom stereocenters. The van der Waals surface area contributed by atoms with Crippen LogP contribution in [0.1, 0.15) is 5.56 Å². The van der Waals surface area contributed by atoms with Crippen LogP contribution in [0, 0.1) is 0 Å². The molecular weight excluding hydrogens is 358 g/mol. The molecule has 2 aromatic rings. The monoisotopic (exact) mass is 384 g/mol. The van der Waals surface area contributed by atoms with E-state index in [-0.39, 0.29) is 6.61 Å². The zero-order valence-corrected chi connectivity index (χ0v) is 16.3. The number of ether oxygens (including phenoxy) is 1. The van der Waals surface area contributed by atoms with Crippen molar-refractivity contribution in [2.24, 2.45) is 4.99 Å². The Morgan fingerprint density at radius 1 is 1.00 bits per heavy atom. The Bertz CT molecular complexity index is 804. The number of rotatable bonds is 5. The van der Waals surface area contributed by atoms with Gasteiger partial charge in [-0.2, -0.15) is 0 Å². The number of aliphatic hydroxyl groups excluding tert-OH is 1. The summed E-state index contributed by atoms with van der Waals surface area (Å²) >= 11 is 1.80. The van der Waals surface area contributed by atoms with Gasteiger partial charge in [-0.25, -0.2) is 4.99 Å². The predicted octanol–water partition coefficient (Wildman–Crippen LogP) is 1.44. The molecule has 6 heteroatoms. The molecule has 1 fully saturated rings. The van der Waals surface area contributed by atoms with E-state index in [1.54, 1.807) is 16.7 Å². The molecular formula is C21H26N3O2S+. The highest BCUT2D eigenvalue weighted by atomic mass is 32.2. The number of quaternary nitrogens is 1. The van der Waals surface area contributed by atoms with Gasteiger partial charge in [-0.05, 0) is 18.2 Å². The minimum atomic E-state index is 0.0990. The van der Waals surface area contributed by atoms with Crippen molar-refractivity contribution in [3.8, 4) is 0 Å². The van der Waals surface area contributed by atoms with E-state index in [4.69, 9.17) is 14.8 Å². The summed E-state index contributed by atoms with van der Waals surface area (Å²) in [5, 5.41) is 8.80. The first-order valence-corrected chi connectivity index (χ1v) is 10.4. The molecule has 0 amide bonds. The van der Waals surface area contributed by atoms with Gasteiger partial charge in [0.05, 0.1) is 51.7 Å². The van der Waals surface area contributed by atoms with Gasteiger partial charge in [-0.3, -0.25) is 0 Å². The second-order valence-corrected chi connectivity index (χ2v) is 7.91. The first-order valence-electron chi connectivity index (χ1n) is 9.57. The van der Waals surface area contributed by atoms with E-state index in [1.165, 1.54) is 15.4 Å². The van der Waals surface area contributed by atoms with Crippen LogP contribution in [0.2, 0.25) is 0 Å². The maximum atomic E-state index is 8.80. The Morgan fingerprint density at radius 2 is 1.74 bits per heavy atom. The van der Waals surface area contributed by atoms with Gasteiger partial charge < -0.3 is 19.6 Å². The van der Waals surface area contributed by atoms with Crippen LogP contribution in [0.4, 0.5) is 5.69 Å². The van der Waals surface area contributed by atoms with E-state index in [1.807, 2.05) is 0 Å². The number of benzene rings is 2. The second kappa shape index (κ2) is 8.89. The molecule has 0 saturated carbocycles. The molecule has 27 heavy (non-hydrogen) atoms. The number of nitrogens with one attached hydrogen (secondary N) is 1. The summed E-state index contributed by atoms with van der Waals surface area (Å²) in [4.78, 5) is 11.5. The number of hydrogen-bond donors (Lipinski definition) is 2. The van der Waals surface area contributed by atoms with Crippen molar-refractivity contribution in [3.05, 3.63) is 54.1 Å². The first kappa shape index (κ1) is 18.5. The van der Waals surface area contributed by atoms with Crippen molar-refractivity contribution in [3.63, 3.8) is 0 Å². The van der Waals surface area contributed by atoms with Crippen LogP contribution in [0.3, 0.4) is 0 Å². The quantitative estimate of drug-likeness (QED) is 0.766. The summed E-state index contributed by atoms with van der Waals surface area (Å²) in [6.45, 7) is 6.40. The van der Waals surface area contributed by atoms with Crippen molar-refractivity contribution in [1.29, 1.82) is 0 Å². The summed E-state index contributed by atoms with van der Waals surface area (Å²) < 4.78 is 5.42. The number of aliphatic hydroxyl groups is 1. The van der Waals surface area contributed by atoms with Gasteiger partial charge in [-0.1, -0.05) is 42.1 Å². The smallest absolute Gasteiger partial charge is 0.138 e. The van der Waals surface area contributed by atoms with E-state index in [0.29, 0.717) is 13.2 Å². The van der Waals surface area contributed by atoms with Crippen LogP contribution in [-0.4, -0.2) is 68.4 Å². The van der Waals surface area contributed by atoms with Crippen LogP contribution in [0.5, 0.6) is 0 Å². The van der Waals surface area contributed by atoms with Crippen molar-refractivity contribution >= 4 is 23.3 Å². The van der Waals surface area contributed by atoms with E-state index >= 15 is 0 Å². The van der Waals surface area contributed by atoms with Crippen LogP contribution in [0.25, 0.3) is 0 Å². The van der Waals surface area contributed by atoms with E-state index in [0.717, 1.165) is 44.2 Å². The minimum Gasteiger partial charge on any atom is -0.394 e. The highest BCUT2D eigenvalue weighted by Gasteiger charge is 2.26. The lowest BCUT2D eigenvalue weighted by atomic mass is 10.1. The average Bonchev–Trinajstić information content (AvgIpc) is 2.88. The van der Waals surface area contributed by atoms with Gasteiger partial charge in [0, 0.05) is 15.4 Å². The molecule has 1 saturated heterocycles. The molecule has 2 aliphatic heterocycles. The third kappa shape index (κ3) is 4.35. The van der Waals surface area contributed by atoms with Gasteiger partial charge in [0.1, 0.15) is 12.4 Å². The number of amidine groups is 1. The summed E-state index contributed by atoms with van der Waals surface area (Å²) in [6.07, 6.45) is 0. The summed E-state index contributed by atoms with van der Waals surface area (Å²) in [7, 11) is 0. The highest BCUT2D eigenvalue weighted by molar-refractivity contribution is 7.99. The lowest BCUT2D eigenvalue weighted by Gasteiger charge is -2.34. The molecule has 0 bridgehead atoms. The lowest BCUT2D eigenvalue weighted by Crippen LogP contribution is -3.15. The zero-order chi connectivity index (χ0) is 18.5. The Kier molecular flexibility index (Phi) is 6.09. The Labute approximate surface area is 164 Å². The van der Waals surface area contributed by atoms with Gasteiger partial charge >= 0.3 is 0 Å². The topological polar surface area (TPSA) is 49.5 Å². The molecule has 0 aromatic heterocycles. The van der Waals surface area contributed by atoms with Gasteiger partial charge in [0.15, 0.2) is 0 Å². The number of piperazine rings is 1. The molecule has 0 unspecified atom stereocenters. The number of fused-ring (bicyclic) bond motifs is 2. The Balaban J connectivity index is 1.50. The number of aliphatic imine (C=N–C) groups is 1. The highest BCUT2D eigenvalue weighted by Crippen LogP contribution is 2.40. The average molecular weight is 385 g/mol. The van der Waals surface area contributed by atoms with E-state index in [9.17, 15) is 0 Å². The minimum absolute atomic E-state index is 0.0990. The van der Waals surface area contributed by atoms with E-state index < -0.39 is 0 Å². The maximum Gasteiger partial charge on any atom is 0.138 e. The van der Waals surface area contributed by atoms with Gasteiger partial charge in [0.25, 0.3) is 0 Å². The molecule has 0 aliphatic carbocycles. The second-order valence-electron chi connectivity index (χ2n) is 6.82. The lowest BCUT2D eigenvalue weighted by molar-refractivity contribution is -0.904. The fourth-order valence-corrected chi connectivity index (χ4v) is 4.60. The largest absolute Gasteiger partial charge is 0.394 e. The van der Waals surface area contributed by atoms with Crippen LogP contribution in [-0.2, 0) is 4.74 Å². The first-order chi connectivity index (χ1) is 13.3. The molecule has 5 nitrogen and oxygen atoms in total. The summed E-state index contributed by atoms with van der Waals surface area (Å²) in [5.41, 5.74) is 2.29. The standard InChI is InChI=1S/C21H25N3O2S/c25-14-16-26-15-13-23-9-11-24(12-10-23)21-17-5-1-3-7-19(17)27-20-8-4-2-6-18(20)22-21/h1-8,25H,9-16H2/p+1. The molecule has 2 heterocycles. The number of hydrogen-bond acceptors (Lipinski definition) is 5. The fourth-order valence-electron chi connectivity index (χ4n) is 3.58.